The van der Waals surface area contributed by atoms with E-state index in [2.05, 4.69) is 4.98 Å². The number of likely N-dealkylation sites (tertiary alicyclic amines) is 1. The zero-order valence-electron chi connectivity index (χ0n) is 16.2. The fraction of sp³-hybridized carbons (Fsp3) is 0.381. The Balaban J connectivity index is 1.65. The highest BCUT2D eigenvalue weighted by Crippen LogP contribution is 2.30. The van der Waals surface area contributed by atoms with Crippen LogP contribution in [0.15, 0.2) is 42.6 Å². The molecule has 7 nitrogen and oxygen atoms in total. The Labute approximate surface area is 163 Å². The van der Waals surface area contributed by atoms with Crippen molar-refractivity contribution in [3.05, 3.63) is 59.4 Å². The molecule has 2 aromatic rings. The van der Waals surface area contributed by atoms with E-state index in [0.717, 1.165) is 5.56 Å². The van der Waals surface area contributed by atoms with E-state index in [1.54, 1.807) is 4.90 Å². The molecule has 1 aliphatic rings. The van der Waals surface area contributed by atoms with E-state index in [0.29, 0.717) is 18.8 Å². The minimum Gasteiger partial charge on any atom is -0.486 e. The summed E-state index contributed by atoms with van der Waals surface area (Å²) in [7, 11) is 0. The molecule has 3 rings (SSSR count). The van der Waals surface area contributed by atoms with E-state index in [-0.39, 0.29) is 29.9 Å². The van der Waals surface area contributed by atoms with Gasteiger partial charge in [-0.3, -0.25) is 4.98 Å². The summed E-state index contributed by atoms with van der Waals surface area (Å²) in [4.78, 5) is 29.6. The van der Waals surface area contributed by atoms with E-state index in [4.69, 9.17) is 9.47 Å². The van der Waals surface area contributed by atoms with Gasteiger partial charge >= 0.3 is 12.1 Å². The number of nitrogens with zero attached hydrogens (tertiary/aromatic N) is 2. The number of carboxylic acid groups (broad SMARTS) is 1. The van der Waals surface area contributed by atoms with Gasteiger partial charge in [0, 0.05) is 24.7 Å². The highest BCUT2D eigenvalue weighted by Gasteiger charge is 2.35. The van der Waals surface area contributed by atoms with Crippen LogP contribution in [-0.4, -0.2) is 45.7 Å². The van der Waals surface area contributed by atoms with Gasteiger partial charge in [-0.2, -0.15) is 0 Å². The van der Waals surface area contributed by atoms with Crippen molar-refractivity contribution in [2.24, 2.45) is 0 Å². The second kappa shape index (κ2) is 7.88. The molecule has 1 fully saturated rings. The Morgan fingerprint density at radius 2 is 1.89 bits per heavy atom. The first-order valence-corrected chi connectivity index (χ1v) is 9.11. The second-order valence-corrected chi connectivity index (χ2v) is 7.77. The van der Waals surface area contributed by atoms with Crippen LogP contribution in [0.5, 0.6) is 5.75 Å². The normalized spacial score (nSPS) is 14.3. The molecule has 0 bridgehead atoms. The summed E-state index contributed by atoms with van der Waals surface area (Å²) in [5, 5.41) is 9.54. The molecule has 1 aromatic heterocycles. The van der Waals surface area contributed by atoms with Crippen LogP contribution in [-0.2, 0) is 11.3 Å². The van der Waals surface area contributed by atoms with Crippen molar-refractivity contribution in [1.29, 1.82) is 0 Å². The molecule has 0 saturated carbocycles. The number of hydrogen-bond donors (Lipinski definition) is 1. The summed E-state index contributed by atoms with van der Waals surface area (Å²) in [6.07, 6.45) is 1.07. The second-order valence-electron chi connectivity index (χ2n) is 7.77. The number of aromatic nitrogens is 1. The molecule has 0 radical (unpaired) electrons. The maximum atomic E-state index is 12.0. The summed E-state index contributed by atoms with van der Waals surface area (Å²) in [5.41, 5.74) is 1.09. The maximum Gasteiger partial charge on any atom is 0.410 e. The molecule has 1 aliphatic heterocycles. The van der Waals surface area contributed by atoms with E-state index >= 15 is 0 Å². The molecule has 0 atom stereocenters. The number of aromatic carboxylic acids is 1. The predicted molar refractivity (Wildman–Crippen MR) is 103 cm³/mol. The number of pyridine rings is 1. The van der Waals surface area contributed by atoms with Crippen LogP contribution in [0.3, 0.4) is 0 Å². The van der Waals surface area contributed by atoms with Gasteiger partial charge < -0.3 is 19.5 Å². The van der Waals surface area contributed by atoms with Gasteiger partial charge in [-0.1, -0.05) is 30.3 Å². The maximum absolute atomic E-state index is 12.0. The quantitative estimate of drug-likeness (QED) is 0.846. The van der Waals surface area contributed by atoms with Crippen LogP contribution in [0.2, 0.25) is 0 Å². The van der Waals surface area contributed by atoms with Crippen molar-refractivity contribution >= 4 is 12.1 Å². The van der Waals surface area contributed by atoms with Gasteiger partial charge in [0.1, 0.15) is 17.8 Å². The molecule has 1 aromatic carbocycles. The van der Waals surface area contributed by atoms with Crippen LogP contribution in [0.1, 0.15) is 48.3 Å². The summed E-state index contributed by atoms with van der Waals surface area (Å²) < 4.78 is 11.0. The molecule has 7 heteroatoms. The van der Waals surface area contributed by atoms with Gasteiger partial charge in [-0.25, -0.2) is 9.59 Å². The number of rotatable bonds is 5. The average molecular weight is 384 g/mol. The minimum absolute atomic E-state index is 0.0196. The molecule has 0 spiro atoms. The van der Waals surface area contributed by atoms with Gasteiger partial charge in [-0.05, 0) is 32.4 Å². The van der Waals surface area contributed by atoms with Crippen molar-refractivity contribution in [2.45, 2.75) is 38.9 Å². The largest absolute Gasteiger partial charge is 0.486 e. The number of amides is 1. The third kappa shape index (κ3) is 4.79. The third-order valence-corrected chi connectivity index (χ3v) is 4.31. The molecule has 2 heterocycles. The first-order chi connectivity index (χ1) is 13.2. The monoisotopic (exact) mass is 384 g/mol. The molecule has 0 aliphatic carbocycles. The number of hydrogen-bond acceptors (Lipinski definition) is 5. The van der Waals surface area contributed by atoms with Crippen LogP contribution in [0.25, 0.3) is 0 Å². The van der Waals surface area contributed by atoms with E-state index in [1.807, 2.05) is 51.1 Å². The smallest absolute Gasteiger partial charge is 0.410 e. The molecule has 1 amide bonds. The van der Waals surface area contributed by atoms with Crippen molar-refractivity contribution in [3.8, 4) is 5.75 Å². The topological polar surface area (TPSA) is 89.0 Å². The summed E-state index contributed by atoms with van der Waals surface area (Å²) in [5.74, 6) is -0.868. The van der Waals surface area contributed by atoms with E-state index in [9.17, 15) is 14.7 Å². The zero-order valence-corrected chi connectivity index (χ0v) is 16.2. The number of benzene rings is 1. The van der Waals surface area contributed by atoms with Gasteiger partial charge in [0.15, 0.2) is 5.75 Å². The molecular weight excluding hydrogens is 360 g/mol. The number of carboxylic acids is 1. The molecule has 0 unspecified atom stereocenters. The van der Waals surface area contributed by atoms with Gasteiger partial charge in [-0.15, -0.1) is 0 Å². The van der Waals surface area contributed by atoms with Crippen molar-refractivity contribution in [1.82, 2.24) is 9.88 Å². The molecule has 1 saturated heterocycles. The van der Waals surface area contributed by atoms with E-state index < -0.39 is 11.6 Å². The molecule has 28 heavy (non-hydrogen) atoms. The van der Waals surface area contributed by atoms with Crippen LogP contribution < -0.4 is 4.74 Å². The fourth-order valence-corrected chi connectivity index (χ4v) is 2.84. The lowest BCUT2D eigenvalue weighted by molar-refractivity contribution is 0.00781. The first kappa shape index (κ1) is 19.7. The highest BCUT2D eigenvalue weighted by atomic mass is 16.6. The Kier molecular flexibility index (Phi) is 5.53. The number of ether oxygens (including phenoxy) is 2. The van der Waals surface area contributed by atoms with E-state index in [1.165, 1.54) is 12.3 Å². The van der Waals surface area contributed by atoms with Crippen LogP contribution in [0, 0.1) is 0 Å². The first-order valence-electron chi connectivity index (χ1n) is 9.11. The Hall–Kier alpha value is -3.09. The molecule has 148 valence electrons. The lowest BCUT2D eigenvalue weighted by Crippen LogP contribution is -2.50. The predicted octanol–water partition coefficient (Wildman–Crippen LogP) is 3.69. The number of carbonyl (C=O) groups is 2. The fourth-order valence-electron chi connectivity index (χ4n) is 2.84. The Bertz CT molecular complexity index is 855. The zero-order chi connectivity index (χ0) is 20.3. The lowest BCUT2D eigenvalue weighted by atomic mass is 9.95. The highest BCUT2D eigenvalue weighted by molar-refractivity contribution is 5.90. The molecule has 1 N–H and O–H groups in total. The summed E-state index contributed by atoms with van der Waals surface area (Å²) in [6, 6.07) is 11.0. The summed E-state index contributed by atoms with van der Waals surface area (Å²) >= 11 is 0. The SMILES string of the molecule is CC(C)(C)OC(=O)N1CC(c2cc(C(=O)O)c(OCc3ccccc3)cn2)C1. The van der Waals surface area contributed by atoms with Crippen molar-refractivity contribution < 1.29 is 24.2 Å². The Morgan fingerprint density at radius 3 is 2.50 bits per heavy atom. The standard InChI is InChI=1S/C21H24N2O5/c1-21(2,3)28-20(26)23-11-15(12-23)17-9-16(19(24)25)18(10-22-17)27-13-14-7-5-4-6-8-14/h4-10,15H,11-13H2,1-3H3,(H,24,25). The summed E-state index contributed by atoms with van der Waals surface area (Å²) in [6.45, 7) is 6.61. The van der Waals surface area contributed by atoms with Gasteiger partial charge in [0.05, 0.1) is 6.20 Å². The number of carbonyl (C=O) groups excluding carboxylic acids is 1. The van der Waals surface area contributed by atoms with Crippen molar-refractivity contribution in [2.75, 3.05) is 13.1 Å². The van der Waals surface area contributed by atoms with Gasteiger partial charge in [0.25, 0.3) is 0 Å². The minimum atomic E-state index is -1.07. The van der Waals surface area contributed by atoms with Crippen LogP contribution in [0.4, 0.5) is 4.79 Å². The van der Waals surface area contributed by atoms with Gasteiger partial charge in [0.2, 0.25) is 0 Å². The van der Waals surface area contributed by atoms with Crippen LogP contribution >= 0.6 is 0 Å². The van der Waals surface area contributed by atoms with Crippen molar-refractivity contribution in [3.63, 3.8) is 0 Å². The average Bonchev–Trinajstić information content (AvgIpc) is 2.58. The lowest BCUT2D eigenvalue weighted by Gasteiger charge is -2.39. The Morgan fingerprint density at radius 1 is 1.21 bits per heavy atom. The third-order valence-electron chi connectivity index (χ3n) is 4.31. The molecular formula is C21H24N2O5.